The predicted octanol–water partition coefficient (Wildman–Crippen LogP) is -0.483. The van der Waals surface area contributed by atoms with E-state index >= 15 is 0 Å². The van der Waals surface area contributed by atoms with E-state index < -0.39 is 17.9 Å². The lowest BCUT2D eigenvalue weighted by atomic mass is 10.3. The van der Waals surface area contributed by atoms with Crippen molar-refractivity contribution in [2.24, 2.45) is 5.11 Å². The van der Waals surface area contributed by atoms with Crippen LogP contribution in [-0.2, 0) is 9.59 Å². The van der Waals surface area contributed by atoms with Gasteiger partial charge in [0, 0.05) is 5.75 Å². The smallest absolute Gasteiger partial charge is 0.327 e. The maximum atomic E-state index is 10.7. The van der Waals surface area contributed by atoms with E-state index in [-0.39, 0.29) is 12.3 Å². The fourth-order valence-corrected chi connectivity index (χ4v) is 0.745. The summed E-state index contributed by atoms with van der Waals surface area (Å²) in [6, 6.07) is -1.01. The van der Waals surface area contributed by atoms with Crippen LogP contribution in [-0.4, -0.2) is 35.3 Å². The third-order valence-electron chi connectivity index (χ3n) is 1.04. The van der Waals surface area contributed by atoms with Crippen molar-refractivity contribution in [2.75, 3.05) is 12.3 Å². The van der Waals surface area contributed by atoms with Gasteiger partial charge >= 0.3 is 5.97 Å². The molecular weight excluding hydrogens is 182 g/mol. The van der Waals surface area contributed by atoms with Crippen LogP contribution in [0.3, 0.4) is 0 Å². The number of aliphatic carboxylic acids is 1. The topological polar surface area (TPSA) is 103 Å². The molecule has 0 fully saturated rings. The van der Waals surface area contributed by atoms with Crippen molar-refractivity contribution in [3.63, 3.8) is 0 Å². The molecule has 0 aromatic carbocycles. The molecule has 6 nitrogen and oxygen atoms in total. The van der Waals surface area contributed by atoms with Crippen LogP contribution in [0.1, 0.15) is 0 Å². The number of rotatable bonds is 5. The van der Waals surface area contributed by atoms with Crippen molar-refractivity contribution >= 4 is 24.5 Å². The van der Waals surface area contributed by atoms with Gasteiger partial charge in [-0.1, -0.05) is 0 Å². The summed E-state index contributed by atoms with van der Waals surface area (Å²) >= 11 is 3.72. The summed E-state index contributed by atoms with van der Waals surface area (Å²) in [5.41, 5.74) is 6.34. The summed E-state index contributed by atoms with van der Waals surface area (Å²) in [7, 11) is 0. The second-order valence-electron chi connectivity index (χ2n) is 1.96. The molecule has 0 heterocycles. The van der Waals surface area contributed by atoms with Crippen LogP contribution in [0.15, 0.2) is 5.11 Å². The molecule has 0 saturated carbocycles. The van der Waals surface area contributed by atoms with E-state index in [0.29, 0.717) is 0 Å². The normalized spacial score (nSPS) is 11.8. The average molecular weight is 191 g/mol. The van der Waals surface area contributed by atoms with Crippen molar-refractivity contribution in [2.45, 2.75) is 6.04 Å². The molecule has 7 heteroatoms. The molecule has 0 aromatic heterocycles. The van der Waals surface area contributed by atoms with Gasteiger partial charge in [0.25, 0.3) is 0 Å². The lowest BCUT2D eigenvalue weighted by Gasteiger charge is -2.09. The number of nitrogens with one attached hydrogen (secondary N) is 2. The molecule has 0 aromatic rings. The van der Waals surface area contributed by atoms with Crippen LogP contribution in [0.25, 0.3) is 0 Å². The molecular formula is C5H9N3O3S. The monoisotopic (exact) mass is 191 g/mol. The van der Waals surface area contributed by atoms with Gasteiger partial charge < -0.3 is 10.4 Å². The molecule has 0 rings (SSSR count). The molecule has 68 valence electrons. The van der Waals surface area contributed by atoms with Gasteiger partial charge in [0.1, 0.15) is 12.6 Å². The molecule has 0 radical (unpaired) electrons. The maximum absolute atomic E-state index is 10.7. The minimum absolute atomic E-state index is 0.0130. The Labute approximate surface area is 74.3 Å². The van der Waals surface area contributed by atoms with Gasteiger partial charge in [0.2, 0.25) is 5.91 Å². The highest BCUT2D eigenvalue weighted by molar-refractivity contribution is 7.80. The molecule has 0 bridgehead atoms. The summed E-state index contributed by atoms with van der Waals surface area (Å²) in [6.07, 6.45) is 0. The second-order valence-corrected chi connectivity index (χ2v) is 2.32. The Morgan fingerprint density at radius 2 is 2.25 bits per heavy atom. The van der Waals surface area contributed by atoms with Gasteiger partial charge in [-0.05, 0) is 0 Å². The van der Waals surface area contributed by atoms with Crippen molar-refractivity contribution in [3.8, 4) is 0 Å². The van der Waals surface area contributed by atoms with Crippen LogP contribution in [0, 0.1) is 5.53 Å². The number of hydrogen-bond acceptors (Lipinski definition) is 5. The van der Waals surface area contributed by atoms with Crippen LogP contribution in [0.5, 0.6) is 0 Å². The summed E-state index contributed by atoms with van der Waals surface area (Å²) in [5, 5.41) is 13.4. The van der Waals surface area contributed by atoms with Crippen molar-refractivity contribution in [1.82, 2.24) is 5.32 Å². The summed E-state index contributed by atoms with van der Waals surface area (Å²) < 4.78 is 0. The maximum Gasteiger partial charge on any atom is 0.327 e. The number of carbonyl (C=O) groups excluding carboxylic acids is 1. The van der Waals surface area contributed by atoms with E-state index in [1.807, 2.05) is 0 Å². The lowest BCUT2D eigenvalue weighted by molar-refractivity contribution is -0.140. The Balaban J connectivity index is 3.93. The standard InChI is InChI=1S/C5H9N3O3S/c6-7-1-4(9)8-3(2-12)5(10)11/h3,6,12H,1-2H2,(H,8,9)(H,10,11)/t3-/m0/s1. The third kappa shape index (κ3) is 3.91. The molecule has 0 aliphatic carbocycles. The highest BCUT2D eigenvalue weighted by atomic mass is 32.1. The van der Waals surface area contributed by atoms with E-state index in [2.05, 4.69) is 23.1 Å². The van der Waals surface area contributed by atoms with E-state index in [4.69, 9.17) is 10.6 Å². The molecule has 0 spiro atoms. The Morgan fingerprint density at radius 1 is 1.67 bits per heavy atom. The zero-order valence-corrected chi connectivity index (χ0v) is 7.04. The second kappa shape index (κ2) is 5.53. The largest absolute Gasteiger partial charge is 0.480 e. The first-order valence-electron chi connectivity index (χ1n) is 3.08. The molecule has 0 saturated heterocycles. The van der Waals surface area contributed by atoms with Crippen LogP contribution in [0.2, 0.25) is 0 Å². The Hall–Kier alpha value is -1.11. The number of thiol groups is 1. The number of carbonyl (C=O) groups is 2. The summed E-state index contributed by atoms with van der Waals surface area (Å²) in [6.45, 7) is -0.350. The Kier molecular flexibility index (Phi) is 5.02. The number of carboxylic acids is 1. The minimum Gasteiger partial charge on any atom is -0.480 e. The number of carboxylic acid groups (broad SMARTS) is 1. The van der Waals surface area contributed by atoms with Gasteiger partial charge in [-0.25, -0.2) is 10.3 Å². The molecule has 0 unspecified atom stereocenters. The van der Waals surface area contributed by atoms with E-state index in [0.717, 1.165) is 0 Å². The Bertz CT molecular complexity index is 196. The van der Waals surface area contributed by atoms with Gasteiger partial charge in [0.15, 0.2) is 0 Å². The van der Waals surface area contributed by atoms with Gasteiger partial charge in [-0.15, -0.1) is 0 Å². The average Bonchev–Trinajstić information content (AvgIpc) is 2.00. The third-order valence-corrected chi connectivity index (χ3v) is 1.40. The van der Waals surface area contributed by atoms with E-state index in [9.17, 15) is 9.59 Å². The zero-order valence-electron chi connectivity index (χ0n) is 6.15. The SMILES string of the molecule is N=NCC(=O)N[C@@H](CS)C(=O)O. The first kappa shape index (κ1) is 10.9. The lowest BCUT2D eigenvalue weighted by Crippen LogP contribution is -2.43. The quantitative estimate of drug-likeness (QED) is 0.348. The molecule has 3 N–H and O–H groups in total. The number of amides is 1. The van der Waals surface area contributed by atoms with E-state index in [1.54, 1.807) is 0 Å². The fourth-order valence-electron chi connectivity index (χ4n) is 0.497. The fraction of sp³-hybridized carbons (Fsp3) is 0.600. The highest BCUT2D eigenvalue weighted by Crippen LogP contribution is 1.88. The molecule has 1 amide bonds. The highest BCUT2D eigenvalue weighted by Gasteiger charge is 2.17. The Morgan fingerprint density at radius 3 is 2.58 bits per heavy atom. The molecule has 0 aliphatic heterocycles. The summed E-state index contributed by atoms with van der Waals surface area (Å²) in [5.74, 6) is -1.73. The van der Waals surface area contributed by atoms with Gasteiger partial charge in [0.05, 0.1) is 0 Å². The van der Waals surface area contributed by atoms with Crippen molar-refractivity contribution in [3.05, 3.63) is 0 Å². The first-order chi connectivity index (χ1) is 5.61. The predicted molar refractivity (Wildman–Crippen MR) is 43.4 cm³/mol. The van der Waals surface area contributed by atoms with Crippen LogP contribution in [0.4, 0.5) is 0 Å². The molecule has 12 heavy (non-hydrogen) atoms. The molecule has 1 atom stereocenters. The van der Waals surface area contributed by atoms with E-state index in [1.165, 1.54) is 0 Å². The van der Waals surface area contributed by atoms with Gasteiger partial charge in [-0.3, -0.25) is 4.79 Å². The van der Waals surface area contributed by atoms with Gasteiger partial charge in [-0.2, -0.15) is 17.7 Å². The minimum atomic E-state index is -1.15. The number of nitrogens with zero attached hydrogens (tertiary/aromatic N) is 1. The van der Waals surface area contributed by atoms with Crippen LogP contribution < -0.4 is 5.32 Å². The summed E-state index contributed by atoms with van der Waals surface area (Å²) in [4.78, 5) is 21.0. The van der Waals surface area contributed by atoms with Crippen LogP contribution >= 0.6 is 12.6 Å². The first-order valence-corrected chi connectivity index (χ1v) is 3.71. The number of hydrogen-bond donors (Lipinski definition) is 4. The molecule has 0 aliphatic rings. The van der Waals surface area contributed by atoms with Crippen molar-refractivity contribution < 1.29 is 14.7 Å². The zero-order chi connectivity index (χ0) is 9.56. The van der Waals surface area contributed by atoms with Crippen molar-refractivity contribution in [1.29, 1.82) is 5.53 Å².